The molecule has 19 heavy (non-hydrogen) atoms. The molecule has 1 aromatic rings. The van der Waals surface area contributed by atoms with Crippen LogP contribution in [0.1, 0.15) is 25.0 Å². The van der Waals surface area contributed by atoms with Crippen molar-refractivity contribution in [3.8, 4) is 5.75 Å². The molecule has 0 aliphatic carbocycles. The molecule has 0 radical (unpaired) electrons. The fraction of sp³-hybridized carbons (Fsp3) is 0.412. The van der Waals surface area contributed by atoms with Crippen LogP contribution in [0.15, 0.2) is 42.5 Å². The zero-order valence-corrected chi connectivity index (χ0v) is 11.8. The summed E-state index contributed by atoms with van der Waals surface area (Å²) < 4.78 is 11.2. The third-order valence-electron chi connectivity index (χ3n) is 3.14. The van der Waals surface area contributed by atoms with E-state index in [2.05, 4.69) is 42.5 Å². The molecule has 1 aliphatic heterocycles. The minimum absolute atomic E-state index is 0.296. The molecule has 2 nitrogen and oxygen atoms in total. The third-order valence-corrected chi connectivity index (χ3v) is 3.14. The van der Waals surface area contributed by atoms with Gasteiger partial charge in [-0.15, -0.1) is 0 Å². The number of rotatable bonds is 7. The second kappa shape index (κ2) is 7.15. The van der Waals surface area contributed by atoms with Crippen molar-refractivity contribution in [2.75, 3.05) is 13.2 Å². The summed E-state index contributed by atoms with van der Waals surface area (Å²) in [4.78, 5) is 0. The first-order valence-corrected chi connectivity index (χ1v) is 6.92. The summed E-state index contributed by atoms with van der Waals surface area (Å²) in [6.07, 6.45) is 10.6. The Morgan fingerprint density at radius 2 is 1.74 bits per heavy atom. The number of hydrogen-bond donors (Lipinski definition) is 0. The molecule has 1 saturated heterocycles. The van der Waals surface area contributed by atoms with E-state index in [4.69, 9.17) is 9.47 Å². The number of hydrogen-bond acceptors (Lipinski definition) is 2. The standard InChI is InChI=1S/C17H22O2/c1-3-5-8-14-10-7-11-15(9-6-4-2)17(14)19-13-16-12-18-16/h3-7,10-11,16H,8-9,12-13H2,1-2H3. The second-order valence-corrected chi connectivity index (χ2v) is 4.72. The summed E-state index contributed by atoms with van der Waals surface area (Å²) in [5.41, 5.74) is 2.50. The average Bonchev–Trinajstić information content (AvgIpc) is 3.25. The first-order valence-electron chi connectivity index (χ1n) is 6.92. The fourth-order valence-corrected chi connectivity index (χ4v) is 1.98. The van der Waals surface area contributed by atoms with Gasteiger partial charge in [-0.1, -0.05) is 42.5 Å². The van der Waals surface area contributed by atoms with E-state index >= 15 is 0 Å². The van der Waals surface area contributed by atoms with Gasteiger partial charge in [-0.25, -0.2) is 0 Å². The topological polar surface area (TPSA) is 21.8 Å². The quantitative estimate of drug-likeness (QED) is 0.549. The molecule has 1 unspecified atom stereocenters. The lowest BCUT2D eigenvalue weighted by Gasteiger charge is -2.14. The van der Waals surface area contributed by atoms with Gasteiger partial charge in [0.15, 0.2) is 0 Å². The van der Waals surface area contributed by atoms with Crippen LogP contribution in [0.2, 0.25) is 0 Å². The van der Waals surface area contributed by atoms with Crippen molar-refractivity contribution in [2.24, 2.45) is 0 Å². The lowest BCUT2D eigenvalue weighted by molar-refractivity contribution is 0.260. The van der Waals surface area contributed by atoms with Gasteiger partial charge in [0, 0.05) is 0 Å². The van der Waals surface area contributed by atoms with E-state index in [1.54, 1.807) is 0 Å². The van der Waals surface area contributed by atoms with Crippen LogP contribution in [0.4, 0.5) is 0 Å². The second-order valence-electron chi connectivity index (χ2n) is 4.72. The van der Waals surface area contributed by atoms with E-state index in [-0.39, 0.29) is 0 Å². The Labute approximate surface area is 115 Å². The molecule has 2 rings (SSSR count). The molecule has 1 aliphatic rings. The van der Waals surface area contributed by atoms with Crippen LogP contribution < -0.4 is 4.74 Å². The molecule has 0 bridgehead atoms. The van der Waals surface area contributed by atoms with Gasteiger partial charge in [-0.2, -0.15) is 0 Å². The normalized spacial score (nSPS) is 18.3. The smallest absolute Gasteiger partial charge is 0.126 e. The first kappa shape index (κ1) is 13.9. The minimum Gasteiger partial charge on any atom is -0.490 e. The van der Waals surface area contributed by atoms with Crippen LogP contribution in [0.25, 0.3) is 0 Å². The highest BCUT2D eigenvalue weighted by molar-refractivity contribution is 5.43. The van der Waals surface area contributed by atoms with E-state index in [1.165, 1.54) is 11.1 Å². The maximum absolute atomic E-state index is 5.99. The highest BCUT2D eigenvalue weighted by Crippen LogP contribution is 2.27. The maximum Gasteiger partial charge on any atom is 0.126 e. The number of ether oxygens (including phenoxy) is 2. The lowest BCUT2D eigenvalue weighted by atomic mass is 10.0. The Balaban J connectivity index is 2.18. The molecule has 1 fully saturated rings. The monoisotopic (exact) mass is 258 g/mol. The molecule has 0 amide bonds. The molecule has 1 atom stereocenters. The molecule has 0 saturated carbocycles. The van der Waals surface area contributed by atoms with Gasteiger partial charge >= 0.3 is 0 Å². The molecule has 1 heterocycles. The van der Waals surface area contributed by atoms with Crippen molar-refractivity contribution in [1.29, 1.82) is 0 Å². The average molecular weight is 258 g/mol. The van der Waals surface area contributed by atoms with Crippen molar-refractivity contribution in [3.63, 3.8) is 0 Å². The Morgan fingerprint density at radius 1 is 1.16 bits per heavy atom. The highest BCUT2D eigenvalue weighted by Gasteiger charge is 2.24. The predicted molar refractivity (Wildman–Crippen MR) is 78.7 cm³/mol. The van der Waals surface area contributed by atoms with Crippen LogP contribution in [-0.4, -0.2) is 19.3 Å². The van der Waals surface area contributed by atoms with Crippen molar-refractivity contribution in [1.82, 2.24) is 0 Å². The summed E-state index contributed by atoms with van der Waals surface area (Å²) in [6, 6.07) is 6.39. The van der Waals surface area contributed by atoms with Gasteiger partial charge in [0.05, 0.1) is 6.61 Å². The summed E-state index contributed by atoms with van der Waals surface area (Å²) in [5, 5.41) is 0. The molecule has 0 N–H and O–H groups in total. The Kier molecular flexibility index (Phi) is 5.22. The maximum atomic E-state index is 5.99. The zero-order valence-electron chi connectivity index (χ0n) is 11.8. The van der Waals surface area contributed by atoms with Crippen molar-refractivity contribution >= 4 is 0 Å². The Hall–Kier alpha value is -1.54. The molecule has 2 heteroatoms. The Bertz CT molecular complexity index is 424. The molecular weight excluding hydrogens is 236 g/mol. The van der Waals surface area contributed by atoms with Gasteiger partial charge in [0.1, 0.15) is 18.5 Å². The summed E-state index contributed by atoms with van der Waals surface area (Å²) in [7, 11) is 0. The van der Waals surface area contributed by atoms with Crippen LogP contribution in [0.5, 0.6) is 5.75 Å². The summed E-state index contributed by atoms with van der Waals surface area (Å²) in [6.45, 7) is 5.58. The fourth-order valence-electron chi connectivity index (χ4n) is 1.98. The number of epoxide rings is 1. The van der Waals surface area contributed by atoms with Crippen LogP contribution >= 0.6 is 0 Å². The van der Waals surface area contributed by atoms with E-state index in [1.807, 2.05) is 13.8 Å². The SMILES string of the molecule is CC=CCc1cccc(CC=CC)c1OCC1CO1. The van der Waals surface area contributed by atoms with Gasteiger partial charge in [-0.3, -0.25) is 0 Å². The molecule has 102 valence electrons. The third kappa shape index (κ3) is 4.25. The zero-order chi connectivity index (χ0) is 13.5. The number of benzene rings is 1. The van der Waals surface area contributed by atoms with Gasteiger partial charge in [-0.05, 0) is 37.8 Å². The van der Waals surface area contributed by atoms with Crippen molar-refractivity contribution in [3.05, 3.63) is 53.6 Å². The molecular formula is C17H22O2. The van der Waals surface area contributed by atoms with E-state index < -0.39 is 0 Å². The van der Waals surface area contributed by atoms with E-state index in [0.717, 1.165) is 25.2 Å². The van der Waals surface area contributed by atoms with E-state index in [9.17, 15) is 0 Å². The lowest BCUT2D eigenvalue weighted by Crippen LogP contribution is -2.08. The minimum atomic E-state index is 0.296. The summed E-state index contributed by atoms with van der Waals surface area (Å²) in [5.74, 6) is 1.04. The van der Waals surface area contributed by atoms with Crippen molar-refractivity contribution in [2.45, 2.75) is 32.8 Å². The first-order chi connectivity index (χ1) is 9.35. The number of para-hydroxylation sites is 1. The van der Waals surface area contributed by atoms with Gasteiger partial charge in [0.2, 0.25) is 0 Å². The van der Waals surface area contributed by atoms with Crippen LogP contribution in [0.3, 0.4) is 0 Å². The molecule has 0 aromatic heterocycles. The Morgan fingerprint density at radius 3 is 2.21 bits per heavy atom. The number of allylic oxidation sites excluding steroid dienone is 4. The molecule has 1 aromatic carbocycles. The molecule has 0 spiro atoms. The summed E-state index contributed by atoms with van der Waals surface area (Å²) >= 11 is 0. The van der Waals surface area contributed by atoms with Gasteiger partial charge in [0.25, 0.3) is 0 Å². The van der Waals surface area contributed by atoms with Crippen LogP contribution in [0, 0.1) is 0 Å². The van der Waals surface area contributed by atoms with E-state index in [0.29, 0.717) is 12.7 Å². The van der Waals surface area contributed by atoms with Gasteiger partial charge < -0.3 is 9.47 Å². The predicted octanol–water partition coefficient (Wildman–Crippen LogP) is 3.70. The van der Waals surface area contributed by atoms with Crippen LogP contribution in [-0.2, 0) is 17.6 Å². The largest absolute Gasteiger partial charge is 0.490 e. The van der Waals surface area contributed by atoms with Crippen molar-refractivity contribution < 1.29 is 9.47 Å². The highest BCUT2D eigenvalue weighted by atomic mass is 16.6.